The number of ether oxygens (including phenoxy) is 3. The minimum absolute atomic E-state index is 0.0226. The van der Waals surface area contributed by atoms with Gasteiger partial charge in [0.25, 0.3) is 5.56 Å². The number of benzene rings is 2. The third kappa shape index (κ3) is 3.76. The molecule has 7 heteroatoms. The van der Waals surface area contributed by atoms with Gasteiger partial charge in [0.1, 0.15) is 11.3 Å². The van der Waals surface area contributed by atoms with Crippen molar-refractivity contribution in [2.45, 2.75) is 6.92 Å². The molecule has 0 N–H and O–H groups in total. The zero-order valence-corrected chi connectivity index (χ0v) is 18.5. The number of fused-ring (bicyclic) bond motifs is 1. The molecule has 0 spiro atoms. The first kappa shape index (κ1) is 20.7. The van der Waals surface area contributed by atoms with Crippen LogP contribution in [-0.2, 0) is 4.74 Å². The molecule has 0 aliphatic carbocycles. The van der Waals surface area contributed by atoms with Crippen LogP contribution in [0.3, 0.4) is 0 Å². The van der Waals surface area contributed by atoms with Crippen molar-refractivity contribution in [1.82, 2.24) is 4.57 Å². The number of rotatable bonds is 6. The maximum absolute atomic E-state index is 13.2. The van der Waals surface area contributed by atoms with Crippen LogP contribution in [0, 0.1) is 5.41 Å². The van der Waals surface area contributed by atoms with Gasteiger partial charge in [-0.15, -0.1) is 0 Å². The van der Waals surface area contributed by atoms with Crippen LogP contribution in [0.1, 0.15) is 6.92 Å². The van der Waals surface area contributed by atoms with Crippen molar-refractivity contribution in [3.63, 3.8) is 0 Å². The highest BCUT2D eigenvalue weighted by Crippen LogP contribution is 2.33. The highest BCUT2D eigenvalue weighted by atomic mass is 35.5. The van der Waals surface area contributed by atoms with E-state index >= 15 is 0 Å². The van der Waals surface area contributed by atoms with Gasteiger partial charge in [-0.2, -0.15) is 0 Å². The molecule has 1 saturated heterocycles. The molecule has 4 aromatic rings. The largest absolute Gasteiger partial charge is 0.493 e. The lowest BCUT2D eigenvalue weighted by Gasteiger charge is -2.37. The molecule has 164 valence electrons. The Bertz CT molecular complexity index is 1330. The predicted octanol–water partition coefficient (Wildman–Crippen LogP) is 5.33. The SMILES string of the molecule is COc1cc(-n2ccc3oc(-c4ccc(Cl)cc4)cc3c2=O)ccc1OCC1(C)COC1. The molecule has 1 aliphatic rings. The summed E-state index contributed by atoms with van der Waals surface area (Å²) in [6.07, 6.45) is 1.70. The predicted molar refractivity (Wildman–Crippen MR) is 123 cm³/mol. The van der Waals surface area contributed by atoms with E-state index in [1.165, 1.54) is 0 Å². The van der Waals surface area contributed by atoms with Crippen LogP contribution in [-0.4, -0.2) is 31.5 Å². The van der Waals surface area contributed by atoms with Gasteiger partial charge in [0, 0.05) is 28.3 Å². The lowest BCUT2D eigenvalue weighted by atomic mass is 9.90. The normalized spacial score (nSPS) is 14.8. The maximum atomic E-state index is 13.2. The van der Waals surface area contributed by atoms with Gasteiger partial charge in [-0.25, -0.2) is 0 Å². The zero-order chi connectivity index (χ0) is 22.3. The minimum atomic E-state index is -0.179. The molecular weight excluding hydrogens is 430 g/mol. The van der Waals surface area contributed by atoms with E-state index in [0.717, 1.165) is 5.56 Å². The fraction of sp³-hybridized carbons (Fsp3) is 0.240. The quantitative estimate of drug-likeness (QED) is 0.396. The smallest absolute Gasteiger partial charge is 0.266 e. The van der Waals surface area contributed by atoms with Gasteiger partial charge in [0.15, 0.2) is 11.5 Å². The van der Waals surface area contributed by atoms with Gasteiger partial charge in [0.2, 0.25) is 0 Å². The van der Waals surface area contributed by atoms with E-state index in [0.29, 0.717) is 58.8 Å². The van der Waals surface area contributed by atoms with Gasteiger partial charge < -0.3 is 18.6 Å². The van der Waals surface area contributed by atoms with Crippen LogP contribution >= 0.6 is 11.6 Å². The van der Waals surface area contributed by atoms with E-state index in [-0.39, 0.29) is 11.0 Å². The summed E-state index contributed by atoms with van der Waals surface area (Å²) in [6.45, 7) is 4.03. The third-order valence-electron chi connectivity index (χ3n) is 5.62. The molecule has 0 atom stereocenters. The molecule has 32 heavy (non-hydrogen) atoms. The molecular formula is C25H22ClNO5. The van der Waals surface area contributed by atoms with Crippen molar-refractivity contribution < 1.29 is 18.6 Å². The standard InChI is InChI=1S/C25H22ClNO5/c1-25(13-30-14-25)15-31-21-8-7-18(11-23(21)29-2)27-10-9-20-19(24(27)28)12-22(32-20)16-3-5-17(26)6-4-16/h3-12H,13-15H2,1-2H3. The van der Waals surface area contributed by atoms with Crippen LogP contribution in [0.2, 0.25) is 5.02 Å². The molecule has 6 nitrogen and oxygen atoms in total. The second kappa shape index (κ2) is 8.04. The average molecular weight is 452 g/mol. The Morgan fingerprint density at radius 1 is 1.06 bits per heavy atom. The molecule has 5 rings (SSSR count). The molecule has 1 fully saturated rings. The topological polar surface area (TPSA) is 62.8 Å². The average Bonchev–Trinajstić information content (AvgIpc) is 3.22. The van der Waals surface area contributed by atoms with Crippen LogP contribution in [0.5, 0.6) is 11.5 Å². The fourth-order valence-corrected chi connectivity index (χ4v) is 3.83. The summed E-state index contributed by atoms with van der Waals surface area (Å²) in [5.41, 5.74) is 1.90. The van der Waals surface area contributed by atoms with Crippen molar-refractivity contribution >= 4 is 22.6 Å². The summed E-state index contributed by atoms with van der Waals surface area (Å²) in [5.74, 6) is 1.81. The Morgan fingerprint density at radius 2 is 1.84 bits per heavy atom. The second-order valence-corrected chi connectivity index (χ2v) is 8.75. The summed E-state index contributed by atoms with van der Waals surface area (Å²) < 4.78 is 24.2. The summed E-state index contributed by atoms with van der Waals surface area (Å²) in [5, 5.41) is 1.14. The summed E-state index contributed by atoms with van der Waals surface area (Å²) >= 11 is 5.97. The number of hydrogen-bond donors (Lipinski definition) is 0. The number of methoxy groups -OCH3 is 1. The summed E-state index contributed by atoms with van der Waals surface area (Å²) in [7, 11) is 1.58. The van der Waals surface area contributed by atoms with E-state index in [1.807, 2.05) is 24.3 Å². The summed E-state index contributed by atoms with van der Waals surface area (Å²) in [4.78, 5) is 13.2. The molecule has 2 aromatic heterocycles. The van der Waals surface area contributed by atoms with E-state index in [9.17, 15) is 4.79 Å². The number of nitrogens with zero attached hydrogens (tertiary/aromatic N) is 1. The van der Waals surface area contributed by atoms with Crippen molar-refractivity contribution in [2.75, 3.05) is 26.9 Å². The molecule has 0 unspecified atom stereocenters. The third-order valence-corrected chi connectivity index (χ3v) is 5.87. The zero-order valence-electron chi connectivity index (χ0n) is 17.8. The molecule has 1 aliphatic heterocycles. The monoisotopic (exact) mass is 451 g/mol. The first-order chi connectivity index (χ1) is 15.5. The van der Waals surface area contributed by atoms with Crippen LogP contribution in [0.15, 0.2) is 70.0 Å². The minimum Gasteiger partial charge on any atom is -0.493 e. The van der Waals surface area contributed by atoms with E-state index in [4.69, 9.17) is 30.2 Å². The highest BCUT2D eigenvalue weighted by molar-refractivity contribution is 6.30. The van der Waals surface area contributed by atoms with Crippen LogP contribution in [0.25, 0.3) is 28.0 Å². The van der Waals surface area contributed by atoms with Crippen LogP contribution in [0.4, 0.5) is 0 Å². The molecule has 0 bridgehead atoms. The Balaban J connectivity index is 1.47. The first-order valence-electron chi connectivity index (χ1n) is 10.3. The van der Waals surface area contributed by atoms with Gasteiger partial charge in [-0.1, -0.05) is 18.5 Å². The van der Waals surface area contributed by atoms with Crippen LogP contribution < -0.4 is 15.0 Å². The molecule has 0 amide bonds. The van der Waals surface area contributed by atoms with Crippen molar-refractivity contribution in [2.24, 2.45) is 5.41 Å². The number of furan rings is 1. The van der Waals surface area contributed by atoms with Gasteiger partial charge in [-0.3, -0.25) is 9.36 Å². The number of pyridine rings is 1. The summed E-state index contributed by atoms with van der Waals surface area (Å²) in [6, 6.07) is 16.3. The van der Waals surface area contributed by atoms with Gasteiger partial charge in [0.05, 0.1) is 38.0 Å². The van der Waals surface area contributed by atoms with Gasteiger partial charge in [-0.05, 0) is 48.5 Å². The fourth-order valence-electron chi connectivity index (χ4n) is 3.71. The van der Waals surface area contributed by atoms with E-state index < -0.39 is 0 Å². The Labute approximate surface area is 189 Å². The highest BCUT2D eigenvalue weighted by Gasteiger charge is 2.34. The number of aromatic nitrogens is 1. The molecule has 2 aromatic carbocycles. The maximum Gasteiger partial charge on any atom is 0.266 e. The van der Waals surface area contributed by atoms with E-state index in [1.54, 1.807) is 48.2 Å². The van der Waals surface area contributed by atoms with Crippen molar-refractivity contribution in [1.29, 1.82) is 0 Å². The van der Waals surface area contributed by atoms with E-state index in [2.05, 4.69) is 6.92 Å². The lowest BCUT2D eigenvalue weighted by Crippen LogP contribution is -2.44. The molecule has 0 radical (unpaired) electrons. The molecule has 3 heterocycles. The first-order valence-corrected chi connectivity index (χ1v) is 10.6. The Morgan fingerprint density at radius 3 is 2.53 bits per heavy atom. The van der Waals surface area contributed by atoms with Crippen molar-refractivity contribution in [3.8, 4) is 28.5 Å². The van der Waals surface area contributed by atoms with Crippen molar-refractivity contribution in [3.05, 3.63) is 76.2 Å². The lowest BCUT2D eigenvalue weighted by molar-refractivity contribution is -0.120. The Hall–Kier alpha value is -3.22. The number of halogens is 1. The number of hydrogen-bond acceptors (Lipinski definition) is 5. The second-order valence-electron chi connectivity index (χ2n) is 8.31. The molecule has 0 saturated carbocycles. The Kier molecular flexibility index (Phi) is 5.19. The van der Waals surface area contributed by atoms with Gasteiger partial charge >= 0.3 is 0 Å².